The molecule has 6 heteroatoms. The summed E-state index contributed by atoms with van der Waals surface area (Å²) in [7, 11) is 0. The molecule has 3 heterocycles. The fourth-order valence-corrected chi connectivity index (χ4v) is 5.59. The number of carbonyl (C=O) groups is 3. The van der Waals surface area contributed by atoms with Crippen molar-refractivity contribution >= 4 is 45.3 Å². The van der Waals surface area contributed by atoms with E-state index in [0.29, 0.717) is 12.1 Å². The number of Topliss-reactive ketones (excluding diaryl/α,β-unsaturated/α-hetero) is 1. The number of anilines is 1. The van der Waals surface area contributed by atoms with E-state index >= 15 is 0 Å². The Bertz CT molecular complexity index is 1100. The Kier molecular flexibility index (Phi) is 5.05. The van der Waals surface area contributed by atoms with Crippen LogP contribution < -0.4 is 4.90 Å². The highest BCUT2D eigenvalue weighted by Crippen LogP contribution is 2.49. The van der Waals surface area contributed by atoms with Crippen LogP contribution in [-0.4, -0.2) is 41.1 Å². The number of likely N-dealkylation sites (tertiary alicyclic amines) is 1. The van der Waals surface area contributed by atoms with Crippen LogP contribution in [0.2, 0.25) is 0 Å². The van der Waals surface area contributed by atoms with Crippen molar-refractivity contribution in [3.8, 4) is 0 Å². The monoisotopic (exact) mass is 478 g/mol. The number of benzene rings is 2. The minimum atomic E-state index is -0.703. The predicted octanol–water partition coefficient (Wildman–Crippen LogP) is 4.32. The van der Waals surface area contributed by atoms with Gasteiger partial charge in [-0.3, -0.25) is 19.3 Å². The summed E-state index contributed by atoms with van der Waals surface area (Å²) in [6.07, 6.45) is 5.66. The molecule has 0 unspecified atom stereocenters. The van der Waals surface area contributed by atoms with Gasteiger partial charge in [0.1, 0.15) is 6.04 Å². The lowest BCUT2D eigenvalue weighted by atomic mass is 9.86. The van der Waals surface area contributed by atoms with Gasteiger partial charge in [0.15, 0.2) is 5.78 Å². The van der Waals surface area contributed by atoms with E-state index in [0.717, 1.165) is 28.6 Å². The molecule has 31 heavy (non-hydrogen) atoms. The number of imide groups is 1. The van der Waals surface area contributed by atoms with Gasteiger partial charge in [-0.15, -0.1) is 0 Å². The van der Waals surface area contributed by atoms with E-state index in [4.69, 9.17) is 0 Å². The number of nitrogens with zero attached hydrogens (tertiary/aromatic N) is 2. The van der Waals surface area contributed by atoms with Crippen LogP contribution in [0.1, 0.15) is 35.7 Å². The van der Waals surface area contributed by atoms with Crippen LogP contribution in [0.5, 0.6) is 0 Å². The van der Waals surface area contributed by atoms with Gasteiger partial charge in [-0.1, -0.05) is 71.8 Å². The Morgan fingerprint density at radius 3 is 2.52 bits per heavy atom. The maximum absolute atomic E-state index is 13.7. The van der Waals surface area contributed by atoms with E-state index in [1.165, 1.54) is 4.90 Å². The molecule has 0 aromatic heterocycles. The SMILES string of the molecule is CCCCN1C(=O)[C@@H]2[C@H](C1=O)[C@H]1C=Cc3cc(Br)ccc3N1[C@@H]2C(=O)c1ccccc1. The minimum absolute atomic E-state index is 0.110. The molecule has 2 aromatic rings. The zero-order valence-corrected chi connectivity index (χ0v) is 18.8. The van der Waals surface area contributed by atoms with Crippen LogP contribution >= 0.6 is 15.9 Å². The van der Waals surface area contributed by atoms with E-state index in [1.54, 1.807) is 12.1 Å². The largest absolute Gasteiger partial charge is 0.352 e. The Balaban J connectivity index is 1.63. The van der Waals surface area contributed by atoms with Crippen molar-refractivity contribution in [2.45, 2.75) is 31.8 Å². The maximum atomic E-state index is 13.7. The summed E-state index contributed by atoms with van der Waals surface area (Å²) in [4.78, 5) is 44.0. The molecule has 0 saturated carbocycles. The summed E-state index contributed by atoms with van der Waals surface area (Å²) in [5.41, 5.74) is 2.42. The quantitative estimate of drug-likeness (QED) is 0.474. The van der Waals surface area contributed by atoms with Crippen molar-refractivity contribution in [1.82, 2.24) is 4.90 Å². The van der Waals surface area contributed by atoms with E-state index in [1.807, 2.05) is 60.4 Å². The number of hydrogen-bond donors (Lipinski definition) is 0. The van der Waals surface area contributed by atoms with Gasteiger partial charge in [-0.25, -0.2) is 0 Å². The molecule has 3 aliphatic rings. The molecule has 2 saturated heterocycles. The van der Waals surface area contributed by atoms with Crippen molar-refractivity contribution in [3.05, 3.63) is 70.2 Å². The molecule has 0 aliphatic carbocycles. The summed E-state index contributed by atoms with van der Waals surface area (Å²) >= 11 is 3.51. The van der Waals surface area contributed by atoms with Crippen molar-refractivity contribution in [2.75, 3.05) is 11.4 Å². The first-order chi connectivity index (χ1) is 15.0. The van der Waals surface area contributed by atoms with Crippen LogP contribution in [0.4, 0.5) is 5.69 Å². The number of ketones is 1. The highest BCUT2D eigenvalue weighted by molar-refractivity contribution is 9.10. The maximum Gasteiger partial charge on any atom is 0.235 e. The van der Waals surface area contributed by atoms with Crippen molar-refractivity contribution in [2.24, 2.45) is 11.8 Å². The predicted molar refractivity (Wildman–Crippen MR) is 123 cm³/mol. The fourth-order valence-electron chi connectivity index (χ4n) is 5.22. The molecule has 0 bridgehead atoms. The lowest BCUT2D eigenvalue weighted by Crippen LogP contribution is -2.48. The highest BCUT2D eigenvalue weighted by Gasteiger charge is 2.63. The Labute approximate surface area is 189 Å². The van der Waals surface area contributed by atoms with Crippen LogP contribution in [-0.2, 0) is 9.59 Å². The van der Waals surface area contributed by atoms with Gasteiger partial charge in [0.25, 0.3) is 0 Å². The topological polar surface area (TPSA) is 57.7 Å². The molecule has 2 amide bonds. The second-order valence-electron chi connectivity index (χ2n) is 8.37. The van der Waals surface area contributed by atoms with E-state index in [9.17, 15) is 14.4 Å². The molecule has 4 atom stereocenters. The molecule has 5 nitrogen and oxygen atoms in total. The normalized spacial score (nSPS) is 26.1. The number of unbranched alkanes of at least 4 members (excludes halogenated alkanes) is 1. The average molecular weight is 479 g/mol. The first-order valence-corrected chi connectivity index (χ1v) is 11.5. The Morgan fingerprint density at radius 1 is 1.03 bits per heavy atom. The molecular weight excluding hydrogens is 456 g/mol. The second-order valence-corrected chi connectivity index (χ2v) is 9.28. The molecule has 5 rings (SSSR count). The van der Waals surface area contributed by atoms with Crippen LogP contribution in [0, 0.1) is 11.8 Å². The smallest absolute Gasteiger partial charge is 0.235 e. The lowest BCUT2D eigenvalue weighted by molar-refractivity contribution is -0.140. The van der Waals surface area contributed by atoms with Crippen LogP contribution in [0.15, 0.2) is 59.1 Å². The molecule has 158 valence electrons. The van der Waals surface area contributed by atoms with Crippen molar-refractivity contribution < 1.29 is 14.4 Å². The zero-order chi connectivity index (χ0) is 21.7. The number of halogens is 1. The molecule has 0 radical (unpaired) electrons. The molecule has 2 aromatic carbocycles. The molecule has 2 fully saturated rings. The first kappa shape index (κ1) is 20.2. The number of carbonyl (C=O) groups excluding carboxylic acids is 3. The van der Waals surface area contributed by atoms with E-state index < -0.39 is 17.9 Å². The minimum Gasteiger partial charge on any atom is -0.352 e. The summed E-state index contributed by atoms with van der Waals surface area (Å²) in [6.45, 7) is 2.46. The lowest BCUT2D eigenvalue weighted by Gasteiger charge is -2.36. The molecule has 0 spiro atoms. The highest BCUT2D eigenvalue weighted by atomic mass is 79.9. The third kappa shape index (κ3) is 3.07. The van der Waals surface area contributed by atoms with Gasteiger partial charge in [-0.05, 0) is 30.2 Å². The molecular formula is C25H23BrN2O3. The summed E-state index contributed by atoms with van der Waals surface area (Å²) in [5.74, 6) is -1.66. The number of hydrogen-bond acceptors (Lipinski definition) is 4. The standard InChI is InChI=1S/C25H23BrN2O3/c1-2-3-13-27-24(30)20-19-11-9-16-14-17(26)10-12-18(16)28(19)22(21(20)25(27)31)23(29)15-7-5-4-6-8-15/h4-12,14,19-22H,2-3,13H2,1H3/t19-,20-,21-,22+/m1/s1. The Morgan fingerprint density at radius 2 is 1.77 bits per heavy atom. The van der Waals surface area contributed by atoms with Gasteiger partial charge in [0, 0.05) is 22.3 Å². The van der Waals surface area contributed by atoms with Crippen molar-refractivity contribution in [3.63, 3.8) is 0 Å². The summed E-state index contributed by atoms with van der Waals surface area (Å²) < 4.78 is 0.942. The zero-order valence-electron chi connectivity index (χ0n) is 17.2. The number of fused-ring (bicyclic) bond motifs is 5. The van der Waals surface area contributed by atoms with E-state index in [2.05, 4.69) is 15.9 Å². The molecule has 0 N–H and O–H groups in total. The molecule has 3 aliphatic heterocycles. The number of amides is 2. The van der Waals surface area contributed by atoms with Gasteiger partial charge in [0.2, 0.25) is 11.8 Å². The van der Waals surface area contributed by atoms with Gasteiger partial charge in [-0.2, -0.15) is 0 Å². The van der Waals surface area contributed by atoms with Crippen molar-refractivity contribution in [1.29, 1.82) is 0 Å². The second kappa shape index (κ2) is 7.75. The third-order valence-corrected chi connectivity index (χ3v) is 7.11. The Hall–Kier alpha value is -2.73. The van der Waals surface area contributed by atoms with Crippen LogP contribution in [0.3, 0.4) is 0 Å². The third-order valence-electron chi connectivity index (χ3n) is 6.62. The van der Waals surface area contributed by atoms with Crippen LogP contribution in [0.25, 0.3) is 6.08 Å². The van der Waals surface area contributed by atoms with Gasteiger partial charge < -0.3 is 4.90 Å². The summed E-state index contributed by atoms with van der Waals surface area (Å²) in [6, 6.07) is 14.0. The van der Waals surface area contributed by atoms with Gasteiger partial charge >= 0.3 is 0 Å². The average Bonchev–Trinajstić information content (AvgIpc) is 3.25. The fraction of sp³-hybridized carbons (Fsp3) is 0.320. The number of rotatable bonds is 5. The summed E-state index contributed by atoms with van der Waals surface area (Å²) in [5, 5.41) is 0. The first-order valence-electron chi connectivity index (χ1n) is 10.7. The van der Waals surface area contributed by atoms with E-state index in [-0.39, 0.29) is 23.6 Å². The van der Waals surface area contributed by atoms with Gasteiger partial charge in [0.05, 0.1) is 17.9 Å².